The summed E-state index contributed by atoms with van der Waals surface area (Å²) >= 11 is 0. The van der Waals surface area contributed by atoms with E-state index in [-0.39, 0.29) is 5.57 Å². The highest BCUT2D eigenvalue weighted by molar-refractivity contribution is 6.39. The summed E-state index contributed by atoms with van der Waals surface area (Å²) in [6.45, 7) is 7.61. The summed E-state index contributed by atoms with van der Waals surface area (Å²) in [5, 5.41) is 2.27. The zero-order valence-corrected chi connectivity index (χ0v) is 15.5. The maximum atomic E-state index is 13.0. The van der Waals surface area contributed by atoms with E-state index in [1.807, 2.05) is 51.4 Å². The topological polar surface area (TPSA) is 71.4 Å². The van der Waals surface area contributed by atoms with Crippen LogP contribution >= 0.6 is 0 Å². The summed E-state index contributed by atoms with van der Waals surface area (Å²) in [7, 11) is 1.92. The van der Waals surface area contributed by atoms with E-state index in [4.69, 9.17) is 0 Å². The van der Waals surface area contributed by atoms with Crippen molar-refractivity contribution < 1.29 is 14.4 Å². The second kappa shape index (κ2) is 6.29. The van der Waals surface area contributed by atoms with E-state index in [9.17, 15) is 14.4 Å². The number of urea groups is 1. The van der Waals surface area contributed by atoms with Crippen LogP contribution in [0.1, 0.15) is 28.1 Å². The van der Waals surface area contributed by atoms with Gasteiger partial charge in [-0.25, -0.2) is 9.69 Å². The molecule has 0 aliphatic carbocycles. The Bertz CT molecular complexity index is 982. The minimum atomic E-state index is -0.730. The molecule has 2 aromatic rings. The molecule has 1 fully saturated rings. The number of carbonyl (C=O) groups excluding carboxylic acids is 3. The summed E-state index contributed by atoms with van der Waals surface area (Å²) in [4.78, 5) is 38.7. The zero-order valence-electron chi connectivity index (χ0n) is 15.5. The van der Waals surface area contributed by atoms with Crippen molar-refractivity contribution in [2.24, 2.45) is 7.05 Å². The lowest BCUT2D eigenvalue weighted by Gasteiger charge is -2.28. The molecule has 1 saturated heterocycles. The Morgan fingerprint density at radius 3 is 2.35 bits per heavy atom. The van der Waals surface area contributed by atoms with Crippen LogP contribution in [0.4, 0.5) is 10.5 Å². The predicted molar refractivity (Wildman–Crippen MR) is 99.8 cm³/mol. The average molecular weight is 351 g/mol. The summed E-state index contributed by atoms with van der Waals surface area (Å²) in [5.74, 6) is -1.30. The van der Waals surface area contributed by atoms with Gasteiger partial charge >= 0.3 is 6.03 Å². The first kappa shape index (κ1) is 17.7. The van der Waals surface area contributed by atoms with Crippen LogP contribution in [0.15, 0.2) is 29.8 Å². The maximum absolute atomic E-state index is 13.0. The van der Waals surface area contributed by atoms with Crippen molar-refractivity contribution in [1.82, 2.24) is 9.88 Å². The minimum absolute atomic E-state index is 0.0563. The average Bonchev–Trinajstić information content (AvgIpc) is 2.82. The summed E-state index contributed by atoms with van der Waals surface area (Å²) in [6, 6.07) is 6.56. The molecule has 1 aromatic heterocycles. The lowest BCUT2D eigenvalue weighted by Crippen LogP contribution is -2.54. The standard InChI is InChI=1S/C20H21N3O3/c1-11-7-6-8-17(13(11)3)23-19(25)16(18(24)21-20(23)26)10-15-9-12(2)22(5)14(15)4/h6-10H,1-5H3,(H,21,24,26)/b16-10+. The largest absolute Gasteiger partial charge is 0.352 e. The Morgan fingerprint density at radius 1 is 1.04 bits per heavy atom. The number of imide groups is 2. The first-order chi connectivity index (χ1) is 12.2. The minimum Gasteiger partial charge on any atom is -0.352 e. The molecule has 4 amide bonds. The molecule has 0 saturated carbocycles. The Kier molecular flexibility index (Phi) is 4.28. The Labute approximate surface area is 152 Å². The van der Waals surface area contributed by atoms with Crippen LogP contribution < -0.4 is 10.2 Å². The van der Waals surface area contributed by atoms with Crippen LogP contribution in [-0.2, 0) is 16.6 Å². The summed E-state index contributed by atoms with van der Waals surface area (Å²) in [6.07, 6.45) is 1.55. The van der Waals surface area contributed by atoms with Gasteiger partial charge in [-0.15, -0.1) is 0 Å². The number of nitrogens with one attached hydrogen (secondary N) is 1. The summed E-state index contributed by atoms with van der Waals surface area (Å²) in [5.41, 5.74) is 4.92. The number of carbonyl (C=O) groups is 3. The molecular weight excluding hydrogens is 330 g/mol. The monoisotopic (exact) mass is 351 g/mol. The highest BCUT2D eigenvalue weighted by Gasteiger charge is 2.37. The Morgan fingerprint density at radius 2 is 1.73 bits per heavy atom. The van der Waals surface area contributed by atoms with Gasteiger partial charge in [0.25, 0.3) is 11.8 Å². The van der Waals surface area contributed by atoms with Crippen LogP contribution in [-0.4, -0.2) is 22.4 Å². The lowest BCUT2D eigenvalue weighted by atomic mass is 10.0. The molecule has 1 aliphatic heterocycles. The SMILES string of the molecule is Cc1cccc(N2C(=O)NC(=O)/C(=C\c3cc(C)n(C)c3C)C2=O)c1C. The number of amides is 4. The molecule has 0 bridgehead atoms. The number of rotatable bonds is 2. The van der Waals surface area contributed by atoms with E-state index < -0.39 is 17.8 Å². The van der Waals surface area contributed by atoms with Crippen LogP contribution in [0.2, 0.25) is 0 Å². The molecule has 0 unspecified atom stereocenters. The zero-order chi connectivity index (χ0) is 19.2. The van der Waals surface area contributed by atoms with E-state index in [1.54, 1.807) is 18.2 Å². The molecule has 0 atom stereocenters. The van der Waals surface area contributed by atoms with Crippen molar-refractivity contribution in [3.8, 4) is 0 Å². The van der Waals surface area contributed by atoms with Crippen LogP contribution in [0.3, 0.4) is 0 Å². The van der Waals surface area contributed by atoms with Crippen LogP contribution in [0, 0.1) is 27.7 Å². The van der Waals surface area contributed by atoms with Gasteiger partial charge in [-0.2, -0.15) is 0 Å². The molecule has 6 nitrogen and oxygen atoms in total. The number of aryl methyl sites for hydroxylation is 2. The fourth-order valence-electron chi connectivity index (χ4n) is 3.04. The lowest BCUT2D eigenvalue weighted by molar-refractivity contribution is -0.122. The van der Waals surface area contributed by atoms with Gasteiger partial charge in [0.2, 0.25) is 0 Å². The molecule has 0 spiro atoms. The van der Waals surface area contributed by atoms with Crippen molar-refractivity contribution in [1.29, 1.82) is 0 Å². The van der Waals surface area contributed by atoms with Crippen molar-refractivity contribution in [2.45, 2.75) is 27.7 Å². The molecule has 1 N–H and O–H groups in total. The van der Waals surface area contributed by atoms with Gasteiger partial charge < -0.3 is 4.57 Å². The molecule has 134 valence electrons. The smallest absolute Gasteiger partial charge is 0.335 e. The van der Waals surface area contributed by atoms with E-state index in [0.717, 1.165) is 33.0 Å². The molecule has 1 aromatic carbocycles. The third kappa shape index (κ3) is 2.73. The van der Waals surface area contributed by atoms with Crippen molar-refractivity contribution >= 4 is 29.6 Å². The van der Waals surface area contributed by atoms with E-state index in [1.165, 1.54) is 0 Å². The number of aromatic nitrogens is 1. The number of barbiturate groups is 1. The van der Waals surface area contributed by atoms with Gasteiger partial charge in [-0.05, 0) is 62.6 Å². The van der Waals surface area contributed by atoms with Gasteiger partial charge in [-0.3, -0.25) is 14.9 Å². The van der Waals surface area contributed by atoms with Gasteiger partial charge in [0.15, 0.2) is 0 Å². The quantitative estimate of drug-likeness (QED) is 0.668. The Hall–Kier alpha value is -3.15. The normalized spacial score (nSPS) is 16.4. The second-order valence-electron chi connectivity index (χ2n) is 6.56. The van der Waals surface area contributed by atoms with Gasteiger partial charge in [0.05, 0.1) is 5.69 Å². The Balaban J connectivity index is 2.10. The number of hydrogen-bond acceptors (Lipinski definition) is 3. The maximum Gasteiger partial charge on any atom is 0.335 e. The number of anilines is 1. The van der Waals surface area contributed by atoms with Gasteiger partial charge in [0.1, 0.15) is 5.57 Å². The summed E-state index contributed by atoms with van der Waals surface area (Å²) < 4.78 is 1.98. The molecule has 6 heteroatoms. The number of hydrogen-bond donors (Lipinski definition) is 1. The molecule has 0 radical (unpaired) electrons. The highest BCUT2D eigenvalue weighted by Crippen LogP contribution is 2.27. The first-order valence-corrected chi connectivity index (χ1v) is 8.33. The highest BCUT2D eigenvalue weighted by atomic mass is 16.2. The van der Waals surface area contributed by atoms with E-state index in [0.29, 0.717) is 5.69 Å². The van der Waals surface area contributed by atoms with E-state index >= 15 is 0 Å². The van der Waals surface area contributed by atoms with Gasteiger partial charge in [-0.1, -0.05) is 12.1 Å². The fourth-order valence-corrected chi connectivity index (χ4v) is 3.04. The van der Waals surface area contributed by atoms with Crippen LogP contribution in [0.5, 0.6) is 0 Å². The number of benzene rings is 1. The molecule has 2 heterocycles. The van der Waals surface area contributed by atoms with Crippen LogP contribution in [0.25, 0.3) is 6.08 Å². The van der Waals surface area contributed by atoms with Crippen molar-refractivity contribution in [3.63, 3.8) is 0 Å². The van der Waals surface area contributed by atoms with E-state index in [2.05, 4.69) is 5.32 Å². The van der Waals surface area contributed by atoms with Crippen molar-refractivity contribution in [2.75, 3.05) is 4.90 Å². The van der Waals surface area contributed by atoms with Gasteiger partial charge in [0, 0.05) is 18.4 Å². The molecule has 1 aliphatic rings. The number of nitrogens with zero attached hydrogens (tertiary/aromatic N) is 2. The molecule has 26 heavy (non-hydrogen) atoms. The fraction of sp³-hybridized carbons (Fsp3) is 0.250. The predicted octanol–water partition coefficient (Wildman–Crippen LogP) is 2.93. The third-order valence-corrected chi connectivity index (χ3v) is 5.03. The van der Waals surface area contributed by atoms with Crippen molar-refractivity contribution in [3.05, 3.63) is 57.9 Å². The molecule has 3 rings (SSSR count). The molecular formula is C20H21N3O3. The second-order valence-corrected chi connectivity index (χ2v) is 6.56. The first-order valence-electron chi connectivity index (χ1n) is 8.33. The third-order valence-electron chi connectivity index (χ3n) is 5.03.